The number of carbonyl (C=O) groups excluding carboxylic acids is 2. The van der Waals surface area contributed by atoms with Gasteiger partial charge >= 0.3 is 11.7 Å². The number of nitrogens with one attached hydrogen (secondary N) is 3. The highest BCUT2D eigenvalue weighted by atomic mass is 32.2. The molecule has 0 saturated heterocycles. The van der Waals surface area contributed by atoms with Gasteiger partial charge in [0.1, 0.15) is 17.7 Å². The van der Waals surface area contributed by atoms with Crippen molar-refractivity contribution in [3.63, 3.8) is 0 Å². The molecule has 3 aromatic carbocycles. The number of carbonyl (C=O) groups is 3. The van der Waals surface area contributed by atoms with Crippen LogP contribution in [-0.2, 0) is 33.1 Å². The van der Waals surface area contributed by atoms with Crippen LogP contribution in [0.2, 0.25) is 0 Å². The van der Waals surface area contributed by atoms with Crippen LogP contribution in [0.25, 0.3) is 5.69 Å². The number of aromatic nitrogens is 2. The highest BCUT2D eigenvalue weighted by molar-refractivity contribution is 7.92. The molecule has 1 heterocycles. The number of anilines is 2. The first-order valence-corrected chi connectivity index (χ1v) is 16.5. The lowest BCUT2D eigenvalue weighted by Gasteiger charge is -2.18. The van der Waals surface area contributed by atoms with Gasteiger partial charge < -0.3 is 20.3 Å². The van der Waals surface area contributed by atoms with Crippen molar-refractivity contribution >= 4 is 39.2 Å². The second kappa shape index (κ2) is 14.1. The molecule has 16 heteroatoms. The fraction of sp³-hybridized carbons (Fsp3) is 0.265. The van der Waals surface area contributed by atoms with Crippen molar-refractivity contribution in [2.45, 2.75) is 52.0 Å². The van der Waals surface area contributed by atoms with Gasteiger partial charge in [-0.05, 0) is 61.9 Å². The lowest BCUT2D eigenvalue weighted by atomic mass is 9.95. The van der Waals surface area contributed by atoms with Crippen molar-refractivity contribution in [3.05, 3.63) is 116 Å². The van der Waals surface area contributed by atoms with E-state index in [0.29, 0.717) is 34.6 Å². The largest absolute Gasteiger partial charge is 0.480 e. The Labute approximate surface area is 285 Å². The van der Waals surface area contributed by atoms with E-state index in [1.807, 2.05) is 4.72 Å². The maximum absolute atomic E-state index is 15.1. The van der Waals surface area contributed by atoms with Crippen LogP contribution in [0.15, 0.2) is 75.1 Å². The molecule has 0 aliphatic carbocycles. The first kappa shape index (κ1) is 37.2. The van der Waals surface area contributed by atoms with E-state index in [-0.39, 0.29) is 22.9 Å². The van der Waals surface area contributed by atoms with Crippen LogP contribution in [0.3, 0.4) is 0 Å². The van der Waals surface area contributed by atoms with Crippen molar-refractivity contribution in [3.8, 4) is 5.69 Å². The van der Waals surface area contributed by atoms with E-state index in [2.05, 4.69) is 10.6 Å². The highest BCUT2D eigenvalue weighted by Crippen LogP contribution is 2.25. The summed E-state index contributed by atoms with van der Waals surface area (Å²) in [6.07, 6.45) is -0.304. The van der Waals surface area contributed by atoms with Gasteiger partial charge in [-0.2, -0.15) is 0 Å². The normalized spacial score (nSPS) is 12.2. The molecule has 4 rings (SSSR count). The molecule has 0 aliphatic heterocycles. The van der Waals surface area contributed by atoms with Crippen molar-refractivity contribution in [2.24, 2.45) is 12.5 Å². The first-order chi connectivity index (χ1) is 23.2. The molecule has 13 nitrogen and oxygen atoms in total. The Morgan fingerprint density at radius 3 is 2.08 bits per heavy atom. The van der Waals surface area contributed by atoms with Gasteiger partial charge in [0.15, 0.2) is 0 Å². The van der Waals surface area contributed by atoms with Crippen LogP contribution in [0, 0.1) is 30.9 Å². The van der Waals surface area contributed by atoms with Crippen LogP contribution in [0.1, 0.15) is 48.0 Å². The summed E-state index contributed by atoms with van der Waals surface area (Å²) >= 11 is 0. The van der Waals surface area contributed by atoms with Gasteiger partial charge in [0.2, 0.25) is 5.91 Å². The molecule has 0 bridgehead atoms. The monoisotopic (exact) mass is 711 g/mol. The van der Waals surface area contributed by atoms with E-state index < -0.39 is 67.5 Å². The number of carboxylic acids is 1. The minimum Gasteiger partial charge on any atom is -0.480 e. The number of amides is 2. The third-order valence-electron chi connectivity index (χ3n) is 7.94. The molecule has 0 radical (unpaired) electrons. The average molecular weight is 712 g/mol. The van der Waals surface area contributed by atoms with Crippen LogP contribution < -0.4 is 26.6 Å². The van der Waals surface area contributed by atoms with E-state index in [4.69, 9.17) is 0 Å². The van der Waals surface area contributed by atoms with Crippen LogP contribution >= 0.6 is 0 Å². The minimum absolute atomic E-state index is 0.230. The highest BCUT2D eigenvalue weighted by Gasteiger charge is 2.26. The van der Waals surface area contributed by atoms with Crippen molar-refractivity contribution in [1.29, 1.82) is 0 Å². The lowest BCUT2D eigenvalue weighted by Crippen LogP contribution is -2.42. The van der Waals surface area contributed by atoms with E-state index in [9.17, 15) is 37.5 Å². The summed E-state index contributed by atoms with van der Waals surface area (Å²) in [5.74, 6) is -5.73. The second-order valence-electron chi connectivity index (χ2n) is 12.6. The summed E-state index contributed by atoms with van der Waals surface area (Å²) in [5.41, 5.74) is -1.69. The fourth-order valence-electron chi connectivity index (χ4n) is 4.67. The summed E-state index contributed by atoms with van der Waals surface area (Å²) in [5, 5.41) is 14.5. The molecular formula is C34H35F2N5O8S. The Morgan fingerprint density at radius 2 is 1.52 bits per heavy atom. The molecule has 4 N–H and O–H groups in total. The number of hydrogen-bond acceptors (Lipinski definition) is 7. The summed E-state index contributed by atoms with van der Waals surface area (Å²) in [4.78, 5) is 62.3. The van der Waals surface area contributed by atoms with Gasteiger partial charge in [0.25, 0.3) is 21.5 Å². The molecule has 4 aromatic rings. The Kier molecular flexibility index (Phi) is 10.5. The third-order valence-corrected chi connectivity index (χ3v) is 9.32. The predicted molar refractivity (Wildman–Crippen MR) is 181 cm³/mol. The molecule has 1 atom stereocenters. The number of carboxylic acid groups (broad SMARTS) is 1. The maximum Gasteiger partial charge on any atom is 0.335 e. The molecule has 0 saturated carbocycles. The lowest BCUT2D eigenvalue weighted by molar-refractivity contribution is -0.139. The van der Waals surface area contributed by atoms with E-state index >= 15 is 8.78 Å². The van der Waals surface area contributed by atoms with Gasteiger partial charge in [-0.3, -0.25) is 19.1 Å². The van der Waals surface area contributed by atoms with E-state index in [0.717, 1.165) is 16.7 Å². The number of nitrogens with zero attached hydrogens (tertiary/aromatic N) is 2. The quantitative estimate of drug-likeness (QED) is 0.192. The molecule has 0 unspecified atom stereocenters. The second-order valence-corrected chi connectivity index (χ2v) is 14.3. The van der Waals surface area contributed by atoms with E-state index in [1.165, 1.54) is 48.0 Å². The summed E-state index contributed by atoms with van der Waals surface area (Å²) in [6.45, 7) is 8.32. The Bertz CT molecular complexity index is 2190. The molecule has 1 aromatic heterocycles. The van der Waals surface area contributed by atoms with Gasteiger partial charge in [-0.25, -0.2) is 31.4 Å². The van der Waals surface area contributed by atoms with Crippen molar-refractivity contribution in [2.75, 3.05) is 10.0 Å². The van der Waals surface area contributed by atoms with Gasteiger partial charge in [-0.15, -0.1) is 0 Å². The zero-order chi connectivity index (χ0) is 37.3. The number of hydrogen-bond donors (Lipinski definition) is 4. The molecule has 0 fully saturated rings. The zero-order valence-corrected chi connectivity index (χ0v) is 28.7. The van der Waals surface area contributed by atoms with Gasteiger partial charge in [0, 0.05) is 41.9 Å². The third kappa shape index (κ3) is 7.97. The Morgan fingerprint density at radius 1 is 0.920 bits per heavy atom. The van der Waals surface area contributed by atoms with Gasteiger partial charge in [0.05, 0.1) is 21.8 Å². The number of sulfonamides is 1. The van der Waals surface area contributed by atoms with Crippen molar-refractivity contribution in [1.82, 2.24) is 14.5 Å². The zero-order valence-electron chi connectivity index (χ0n) is 27.9. The Hall–Kier alpha value is -5.64. The first-order valence-electron chi connectivity index (χ1n) is 15.1. The number of halogens is 2. The Balaban J connectivity index is 1.48. The number of benzene rings is 3. The SMILES string of the molecule is Cc1c(C)n(C)c(=O)n(-c2ccc(C[C@H](NC(=O)c3cc(F)c(NS(=O)(=O)c4ccc(NC(=O)C(C)(C)C)cc4)cc3F)C(=O)O)cc2)c1=O. The minimum atomic E-state index is -4.44. The van der Waals surface area contributed by atoms with Crippen LogP contribution in [-0.4, -0.2) is 46.5 Å². The standard InChI is InChI=1S/C34H35F2N5O8S/c1-18-19(2)40(6)33(47)41(30(18)43)22-11-7-20(8-12-22)15-28(31(44)45)38-29(42)24-16-26(36)27(17-25(24)35)39-50(48,49)23-13-9-21(10-14-23)37-32(46)34(3,4)5/h7-14,16-17,28,39H,15H2,1-6H3,(H,37,46)(H,38,42)(H,44,45)/t28-/m0/s1. The predicted octanol–water partition coefficient (Wildman–Crippen LogP) is 3.64. The maximum atomic E-state index is 15.1. The summed E-state index contributed by atoms with van der Waals surface area (Å²) in [7, 11) is -2.92. The van der Waals surface area contributed by atoms with E-state index in [1.54, 1.807) is 34.6 Å². The molecule has 50 heavy (non-hydrogen) atoms. The average Bonchev–Trinajstić information content (AvgIpc) is 3.04. The summed E-state index contributed by atoms with van der Waals surface area (Å²) < 4.78 is 60.0. The van der Waals surface area contributed by atoms with Crippen LogP contribution in [0.5, 0.6) is 0 Å². The summed E-state index contributed by atoms with van der Waals surface area (Å²) in [6, 6.07) is 10.0. The van der Waals surface area contributed by atoms with Gasteiger partial charge in [-0.1, -0.05) is 32.9 Å². The number of aliphatic carboxylic acids is 1. The smallest absolute Gasteiger partial charge is 0.335 e. The fourth-order valence-corrected chi connectivity index (χ4v) is 5.73. The molecule has 2 amide bonds. The molecular weight excluding hydrogens is 676 g/mol. The molecule has 0 spiro atoms. The van der Waals surface area contributed by atoms with Crippen molar-refractivity contribution < 1.29 is 36.7 Å². The molecule has 264 valence electrons. The number of rotatable bonds is 10. The molecule has 0 aliphatic rings. The van der Waals surface area contributed by atoms with Crippen LogP contribution in [0.4, 0.5) is 20.2 Å². The topological polar surface area (TPSA) is 186 Å².